The van der Waals surface area contributed by atoms with Gasteiger partial charge in [-0.05, 0) is 60.7 Å². The second-order valence-corrected chi connectivity index (χ2v) is 9.31. The maximum absolute atomic E-state index is 11.6. The van der Waals surface area contributed by atoms with Crippen LogP contribution in [-0.4, -0.2) is 39.0 Å². The number of nitrogens with one attached hydrogen (secondary N) is 1. The molecule has 1 unspecified atom stereocenters. The molecule has 1 atom stereocenters. The van der Waals surface area contributed by atoms with Gasteiger partial charge < -0.3 is 15.0 Å². The molecule has 5 rings (SSSR count). The fraction of sp³-hybridized carbons (Fsp3) is 0.276. The number of hydrogen-bond acceptors (Lipinski definition) is 4. The number of nitrogens with zero attached hydrogens (tertiary/aromatic N) is 3. The highest BCUT2D eigenvalue weighted by molar-refractivity contribution is 6.03. The van der Waals surface area contributed by atoms with Gasteiger partial charge in [0, 0.05) is 24.6 Å². The third kappa shape index (κ3) is 4.44. The Morgan fingerprint density at radius 2 is 1.89 bits per heavy atom. The molecular formula is C29H30N4O2. The molecule has 0 radical (unpaired) electrons. The second kappa shape index (κ2) is 9.37. The normalized spacial score (nSPS) is 15.3. The number of aryl methyl sites for hydroxylation is 2. The molecule has 3 aromatic carbocycles. The largest absolute Gasteiger partial charge is 0.478 e. The van der Waals surface area contributed by atoms with Crippen LogP contribution in [0.4, 0.5) is 0 Å². The number of carboxylic acids is 1. The van der Waals surface area contributed by atoms with Crippen molar-refractivity contribution in [1.29, 1.82) is 0 Å². The topological polar surface area (TPSA) is 79.5 Å². The van der Waals surface area contributed by atoms with Gasteiger partial charge in [0.15, 0.2) is 0 Å². The molecule has 0 saturated heterocycles. The molecule has 1 aliphatic rings. The first kappa shape index (κ1) is 22.8. The molecule has 0 aliphatic carbocycles. The summed E-state index contributed by atoms with van der Waals surface area (Å²) in [5, 5.41) is 13.0. The number of carbonyl (C=O) groups is 1. The van der Waals surface area contributed by atoms with E-state index in [2.05, 4.69) is 59.9 Å². The van der Waals surface area contributed by atoms with Gasteiger partial charge in [-0.3, -0.25) is 4.99 Å². The van der Waals surface area contributed by atoms with Crippen molar-refractivity contribution in [2.75, 3.05) is 6.54 Å². The van der Waals surface area contributed by atoms with Crippen molar-refractivity contribution in [3.8, 4) is 11.1 Å². The zero-order valence-corrected chi connectivity index (χ0v) is 20.4. The molecule has 178 valence electrons. The first-order valence-corrected chi connectivity index (χ1v) is 12.2. The Hall–Kier alpha value is -3.93. The van der Waals surface area contributed by atoms with E-state index in [1.807, 2.05) is 24.3 Å². The summed E-state index contributed by atoms with van der Waals surface area (Å²) in [6.45, 7) is 7.93. The first-order chi connectivity index (χ1) is 16.9. The lowest BCUT2D eigenvalue weighted by Gasteiger charge is -2.12. The van der Waals surface area contributed by atoms with Crippen LogP contribution >= 0.6 is 0 Å². The Morgan fingerprint density at radius 3 is 2.57 bits per heavy atom. The van der Waals surface area contributed by atoms with Crippen molar-refractivity contribution in [3.63, 3.8) is 0 Å². The van der Waals surface area contributed by atoms with E-state index in [-0.39, 0.29) is 0 Å². The summed E-state index contributed by atoms with van der Waals surface area (Å²) in [5.41, 5.74) is 7.49. The van der Waals surface area contributed by atoms with Crippen molar-refractivity contribution < 1.29 is 9.90 Å². The second-order valence-electron chi connectivity index (χ2n) is 9.31. The van der Waals surface area contributed by atoms with E-state index in [1.165, 1.54) is 0 Å². The van der Waals surface area contributed by atoms with Gasteiger partial charge in [0.05, 0.1) is 23.1 Å². The zero-order valence-electron chi connectivity index (χ0n) is 20.4. The van der Waals surface area contributed by atoms with Crippen molar-refractivity contribution in [2.24, 2.45) is 4.99 Å². The molecular weight excluding hydrogens is 436 g/mol. The quantitative estimate of drug-likeness (QED) is 0.380. The molecule has 6 nitrogen and oxygen atoms in total. The number of amidine groups is 1. The average molecular weight is 467 g/mol. The standard InChI is InChI=1S/C29H30N4O2/c1-4-7-26-32-27-18(2)14-22(28-30-16-19(3)31-28)15-25(27)33(26)17-20-10-12-21(13-11-20)23-8-5-6-9-24(23)29(34)35/h5-6,8-15,19H,4,7,16-17H2,1-3H3,(H,30,31)(H,34,35). The zero-order chi connectivity index (χ0) is 24.5. The van der Waals surface area contributed by atoms with Gasteiger partial charge in [-0.15, -0.1) is 0 Å². The molecule has 35 heavy (non-hydrogen) atoms. The number of rotatable bonds is 7. The number of aromatic carboxylic acids is 1. The molecule has 1 aliphatic heterocycles. The lowest BCUT2D eigenvalue weighted by atomic mass is 9.98. The van der Waals surface area contributed by atoms with Crippen LogP contribution in [0.2, 0.25) is 0 Å². The monoisotopic (exact) mass is 466 g/mol. The minimum absolute atomic E-state index is 0.312. The van der Waals surface area contributed by atoms with E-state index in [4.69, 9.17) is 4.98 Å². The van der Waals surface area contributed by atoms with Crippen molar-refractivity contribution >= 4 is 22.8 Å². The molecule has 0 spiro atoms. The number of imidazole rings is 1. The third-order valence-electron chi connectivity index (χ3n) is 6.54. The summed E-state index contributed by atoms with van der Waals surface area (Å²) in [7, 11) is 0. The highest BCUT2D eigenvalue weighted by Crippen LogP contribution is 2.27. The summed E-state index contributed by atoms with van der Waals surface area (Å²) in [5.74, 6) is 1.12. The van der Waals surface area contributed by atoms with Gasteiger partial charge in [0.1, 0.15) is 11.7 Å². The van der Waals surface area contributed by atoms with Gasteiger partial charge >= 0.3 is 5.97 Å². The first-order valence-electron chi connectivity index (χ1n) is 12.2. The minimum atomic E-state index is -0.916. The summed E-state index contributed by atoms with van der Waals surface area (Å²) < 4.78 is 2.31. The Labute approximate surface area is 205 Å². The number of aliphatic imine (C=N–C) groups is 1. The summed E-state index contributed by atoms with van der Waals surface area (Å²) >= 11 is 0. The van der Waals surface area contributed by atoms with Gasteiger partial charge in [0.25, 0.3) is 0 Å². The molecule has 6 heteroatoms. The van der Waals surface area contributed by atoms with E-state index in [9.17, 15) is 9.90 Å². The third-order valence-corrected chi connectivity index (χ3v) is 6.54. The minimum Gasteiger partial charge on any atom is -0.478 e. The van der Waals surface area contributed by atoms with E-state index in [0.29, 0.717) is 18.2 Å². The van der Waals surface area contributed by atoms with Crippen LogP contribution in [-0.2, 0) is 13.0 Å². The van der Waals surface area contributed by atoms with Crippen LogP contribution in [0, 0.1) is 6.92 Å². The maximum Gasteiger partial charge on any atom is 0.336 e. The van der Waals surface area contributed by atoms with Crippen LogP contribution in [0.25, 0.3) is 22.2 Å². The fourth-order valence-electron chi connectivity index (χ4n) is 4.79. The van der Waals surface area contributed by atoms with E-state index < -0.39 is 5.97 Å². The van der Waals surface area contributed by atoms with Gasteiger partial charge in [-0.1, -0.05) is 49.4 Å². The number of aromatic nitrogens is 2. The van der Waals surface area contributed by atoms with E-state index in [0.717, 1.165) is 69.9 Å². The van der Waals surface area contributed by atoms with Crippen molar-refractivity contribution in [1.82, 2.24) is 14.9 Å². The van der Waals surface area contributed by atoms with Crippen LogP contribution < -0.4 is 5.32 Å². The number of hydrogen-bond donors (Lipinski definition) is 2. The highest BCUT2D eigenvalue weighted by atomic mass is 16.4. The Bertz CT molecular complexity index is 1430. The molecule has 0 saturated carbocycles. The van der Waals surface area contributed by atoms with Gasteiger partial charge in [-0.25, -0.2) is 9.78 Å². The van der Waals surface area contributed by atoms with Crippen LogP contribution in [0.5, 0.6) is 0 Å². The molecule has 0 amide bonds. The van der Waals surface area contributed by atoms with Crippen LogP contribution in [0.15, 0.2) is 65.7 Å². The van der Waals surface area contributed by atoms with Crippen molar-refractivity contribution in [2.45, 2.75) is 46.2 Å². The Morgan fingerprint density at radius 1 is 1.11 bits per heavy atom. The lowest BCUT2D eigenvalue weighted by molar-refractivity contribution is 0.0697. The summed E-state index contributed by atoms with van der Waals surface area (Å²) in [6, 6.07) is 20.0. The maximum atomic E-state index is 11.6. The predicted molar refractivity (Wildman–Crippen MR) is 140 cm³/mol. The smallest absolute Gasteiger partial charge is 0.336 e. The molecule has 0 fully saturated rings. The highest BCUT2D eigenvalue weighted by Gasteiger charge is 2.19. The average Bonchev–Trinajstić information content (AvgIpc) is 3.44. The fourth-order valence-corrected chi connectivity index (χ4v) is 4.79. The van der Waals surface area contributed by atoms with Crippen LogP contribution in [0.3, 0.4) is 0 Å². The number of benzene rings is 3. The SMILES string of the molecule is CCCc1nc2c(C)cc(C3=NCC(C)N3)cc2n1Cc1ccc(-c2ccccc2C(=O)O)cc1. The van der Waals surface area contributed by atoms with Crippen molar-refractivity contribution in [3.05, 3.63) is 88.7 Å². The summed E-state index contributed by atoms with van der Waals surface area (Å²) in [6.07, 6.45) is 1.93. The molecule has 2 N–H and O–H groups in total. The molecule has 4 aromatic rings. The lowest BCUT2D eigenvalue weighted by Crippen LogP contribution is -2.27. The molecule has 2 heterocycles. The molecule has 0 bridgehead atoms. The Kier molecular flexibility index (Phi) is 6.12. The van der Waals surface area contributed by atoms with Gasteiger partial charge in [0.2, 0.25) is 0 Å². The van der Waals surface area contributed by atoms with E-state index in [1.54, 1.807) is 12.1 Å². The summed E-state index contributed by atoms with van der Waals surface area (Å²) in [4.78, 5) is 21.3. The number of fused-ring (bicyclic) bond motifs is 1. The van der Waals surface area contributed by atoms with Gasteiger partial charge in [-0.2, -0.15) is 0 Å². The number of carboxylic acid groups (broad SMARTS) is 1. The predicted octanol–water partition coefficient (Wildman–Crippen LogP) is 5.45. The van der Waals surface area contributed by atoms with Crippen LogP contribution in [0.1, 0.15) is 53.1 Å². The Balaban J connectivity index is 1.52. The molecule has 1 aromatic heterocycles. The van der Waals surface area contributed by atoms with E-state index >= 15 is 0 Å².